The number of rotatable bonds is 20. The second-order valence-electron chi connectivity index (χ2n) is 6.83. The maximum Gasteiger partial charge on any atom is 0.181 e. The molecule has 0 aliphatic rings. The molecule has 0 rings (SSSR count). The number of hydroxylamine groups is 2. The van der Waals surface area contributed by atoms with Crippen molar-refractivity contribution in [3.05, 3.63) is 0 Å². The highest BCUT2D eigenvalue weighted by molar-refractivity contribution is 4.51. The minimum absolute atomic E-state index is 0.619. The first-order chi connectivity index (χ1) is 12.2. The third kappa shape index (κ3) is 21.7. The molecule has 2 atom stereocenters. The van der Waals surface area contributed by atoms with Crippen LogP contribution >= 0.6 is 0 Å². The van der Waals surface area contributed by atoms with Gasteiger partial charge in [-0.25, -0.2) is 4.94 Å². The van der Waals surface area contributed by atoms with Gasteiger partial charge in [-0.3, -0.25) is 5.73 Å². The first kappa shape index (κ1) is 24.7. The summed E-state index contributed by atoms with van der Waals surface area (Å²) in [5.74, 6) is 0. The monoisotopic (exact) mass is 362 g/mol. The van der Waals surface area contributed by atoms with E-state index >= 15 is 0 Å². The molecule has 0 heterocycles. The van der Waals surface area contributed by atoms with Crippen LogP contribution in [0.2, 0.25) is 0 Å². The molecule has 0 bridgehead atoms. The average Bonchev–Trinajstić information content (AvgIpc) is 2.58. The second-order valence-corrected chi connectivity index (χ2v) is 6.83. The number of aliphatic hydroxyl groups is 2. The molecule has 0 fully saturated rings. The van der Waals surface area contributed by atoms with Crippen LogP contribution in [0, 0.1) is 0 Å². The lowest BCUT2D eigenvalue weighted by Crippen LogP contribution is -2.43. The van der Waals surface area contributed by atoms with E-state index in [2.05, 4.69) is 15.9 Å². The van der Waals surface area contributed by atoms with Gasteiger partial charge >= 0.3 is 0 Å². The van der Waals surface area contributed by atoms with Crippen molar-refractivity contribution in [1.82, 2.24) is 11.0 Å². The molecule has 2 unspecified atom stereocenters. The predicted molar refractivity (Wildman–Crippen MR) is 102 cm³/mol. The number of hydrogen-bond acceptors (Lipinski definition) is 7. The van der Waals surface area contributed by atoms with Crippen molar-refractivity contribution in [2.24, 2.45) is 11.5 Å². The average molecular weight is 363 g/mol. The van der Waals surface area contributed by atoms with Crippen molar-refractivity contribution in [3.63, 3.8) is 0 Å². The van der Waals surface area contributed by atoms with Crippen LogP contribution in [0.4, 0.5) is 0 Å². The molecule has 152 valence electrons. The molecule has 25 heavy (non-hydrogen) atoms. The van der Waals surface area contributed by atoms with Crippen molar-refractivity contribution in [1.29, 1.82) is 0 Å². The van der Waals surface area contributed by atoms with Crippen molar-refractivity contribution in [2.75, 3.05) is 6.54 Å². The lowest BCUT2D eigenvalue weighted by atomic mass is 10.0. The molecule has 0 aliphatic carbocycles. The summed E-state index contributed by atoms with van der Waals surface area (Å²) in [6, 6.07) is 0. The summed E-state index contributed by atoms with van der Waals surface area (Å²) in [5.41, 5.74) is 14.9. The minimum Gasteiger partial charge on any atom is -0.376 e. The van der Waals surface area contributed by atoms with Gasteiger partial charge in [-0.05, 0) is 25.8 Å². The summed E-state index contributed by atoms with van der Waals surface area (Å²) < 4.78 is 0. The van der Waals surface area contributed by atoms with Crippen LogP contribution in [0.1, 0.15) is 96.3 Å². The first-order valence-electron chi connectivity index (χ1n) is 10.2. The Morgan fingerprint density at radius 3 is 1.44 bits per heavy atom. The molecule has 7 heteroatoms. The van der Waals surface area contributed by atoms with Gasteiger partial charge in [0.1, 0.15) is 6.23 Å². The van der Waals surface area contributed by atoms with Crippen molar-refractivity contribution >= 4 is 0 Å². The fourth-order valence-corrected chi connectivity index (χ4v) is 2.82. The highest BCUT2D eigenvalue weighted by Gasteiger charge is 2.03. The Morgan fingerprint density at radius 2 is 1.04 bits per heavy atom. The van der Waals surface area contributed by atoms with Gasteiger partial charge in [-0.2, -0.15) is 5.48 Å². The van der Waals surface area contributed by atoms with Gasteiger partial charge in [0.05, 0.1) is 0 Å². The molecule has 0 aromatic carbocycles. The van der Waals surface area contributed by atoms with Gasteiger partial charge in [0, 0.05) is 0 Å². The van der Waals surface area contributed by atoms with Crippen LogP contribution in [0.3, 0.4) is 0 Å². The fourth-order valence-electron chi connectivity index (χ4n) is 2.82. The maximum atomic E-state index is 9.56. The third-order valence-corrected chi connectivity index (χ3v) is 4.31. The number of aliphatic hydroxyl groups excluding tert-OH is 2. The normalized spacial score (nSPS) is 13.9. The largest absolute Gasteiger partial charge is 0.376 e. The summed E-state index contributed by atoms with van der Waals surface area (Å²) >= 11 is 0. The lowest BCUT2D eigenvalue weighted by molar-refractivity contribution is -0.149. The molecule has 0 aromatic heterocycles. The van der Waals surface area contributed by atoms with Gasteiger partial charge < -0.3 is 15.9 Å². The minimum atomic E-state index is -1.26. The predicted octanol–water partition coefficient (Wildman–Crippen LogP) is 2.38. The molecule has 0 aliphatic heterocycles. The number of unbranched alkanes of at least 4 members (excludes halogenated alkanes) is 13. The molecule has 7 nitrogen and oxygen atoms in total. The van der Waals surface area contributed by atoms with Crippen LogP contribution in [-0.2, 0) is 4.94 Å². The highest BCUT2D eigenvalue weighted by atomic mass is 16.8. The van der Waals surface area contributed by atoms with Crippen LogP contribution in [0.25, 0.3) is 0 Å². The summed E-state index contributed by atoms with van der Waals surface area (Å²) in [6.07, 6.45) is 16.5. The van der Waals surface area contributed by atoms with E-state index in [4.69, 9.17) is 16.6 Å². The Balaban J connectivity index is 3.09. The summed E-state index contributed by atoms with van der Waals surface area (Å²) in [6.45, 7) is 0.836. The van der Waals surface area contributed by atoms with E-state index in [0.717, 1.165) is 19.4 Å². The molecule has 0 amide bonds. The zero-order valence-electron chi connectivity index (χ0n) is 15.9. The fraction of sp³-hybridized carbons (Fsp3) is 1.00. The highest BCUT2D eigenvalue weighted by Crippen LogP contribution is 2.13. The first-order valence-corrected chi connectivity index (χ1v) is 10.2. The standard InChI is InChI=1S/C18H42N4O3/c19-16-14-12-10-8-6-4-2-1-3-5-7-9-11-13-15-17(23)21-25-22-18(20)24/h17-18,21-24H,1-16,19-20H2. The maximum absolute atomic E-state index is 9.56. The van der Waals surface area contributed by atoms with Crippen LogP contribution in [-0.4, -0.2) is 29.3 Å². The molecule has 0 radical (unpaired) electrons. The zero-order chi connectivity index (χ0) is 18.6. The topological polar surface area (TPSA) is 126 Å². The molecule has 0 saturated heterocycles. The van der Waals surface area contributed by atoms with E-state index in [1.54, 1.807) is 0 Å². The molecular weight excluding hydrogens is 320 g/mol. The summed E-state index contributed by atoms with van der Waals surface area (Å²) in [5, 5.41) is 18.3. The van der Waals surface area contributed by atoms with E-state index in [1.165, 1.54) is 77.0 Å². The van der Waals surface area contributed by atoms with E-state index in [9.17, 15) is 5.11 Å². The van der Waals surface area contributed by atoms with Crippen LogP contribution < -0.4 is 22.4 Å². The van der Waals surface area contributed by atoms with Crippen molar-refractivity contribution < 1.29 is 15.2 Å². The number of nitrogens with one attached hydrogen (secondary N) is 2. The van der Waals surface area contributed by atoms with Gasteiger partial charge in [-0.15, -0.1) is 5.48 Å². The molecule has 0 spiro atoms. The zero-order valence-corrected chi connectivity index (χ0v) is 15.9. The van der Waals surface area contributed by atoms with Gasteiger partial charge in [0.2, 0.25) is 0 Å². The van der Waals surface area contributed by atoms with E-state index in [1.807, 2.05) is 0 Å². The Kier molecular flexibility index (Phi) is 19.8. The van der Waals surface area contributed by atoms with E-state index in [-0.39, 0.29) is 0 Å². The van der Waals surface area contributed by atoms with Gasteiger partial charge in [0.15, 0.2) is 6.35 Å². The smallest absolute Gasteiger partial charge is 0.181 e. The van der Waals surface area contributed by atoms with Gasteiger partial charge in [0.25, 0.3) is 0 Å². The van der Waals surface area contributed by atoms with Crippen molar-refractivity contribution in [2.45, 2.75) is 109 Å². The summed E-state index contributed by atoms with van der Waals surface area (Å²) in [7, 11) is 0. The lowest BCUT2D eigenvalue weighted by Gasteiger charge is -2.13. The number of nitrogens with two attached hydrogens (primary N) is 2. The Morgan fingerprint density at radius 1 is 0.640 bits per heavy atom. The summed E-state index contributed by atoms with van der Waals surface area (Å²) in [4.78, 5) is 4.60. The molecule has 8 N–H and O–H groups in total. The van der Waals surface area contributed by atoms with Crippen LogP contribution in [0.15, 0.2) is 0 Å². The van der Waals surface area contributed by atoms with Crippen molar-refractivity contribution in [3.8, 4) is 0 Å². The van der Waals surface area contributed by atoms with E-state index < -0.39 is 12.6 Å². The third-order valence-electron chi connectivity index (χ3n) is 4.31. The second kappa shape index (κ2) is 20.0. The van der Waals surface area contributed by atoms with Gasteiger partial charge in [-0.1, -0.05) is 77.0 Å². The Labute approximate surface area is 153 Å². The SMILES string of the molecule is NCCCCCCCCCCCCCCCCC(O)NONC(N)O. The quantitative estimate of drug-likeness (QED) is 0.111. The Bertz CT molecular complexity index is 258. The number of hydrogen-bond donors (Lipinski definition) is 6. The molecular formula is C18H42N4O3. The Hall–Kier alpha value is -0.280. The van der Waals surface area contributed by atoms with E-state index in [0.29, 0.717) is 6.42 Å². The molecule has 0 saturated carbocycles. The molecule has 0 aromatic rings. The van der Waals surface area contributed by atoms with Crippen LogP contribution in [0.5, 0.6) is 0 Å².